The second-order valence-electron chi connectivity index (χ2n) is 6.60. The Hall–Kier alpha value is -3.06. The number of rotatable bonds is 3. The van der Waals surface area contributed by atoms with Crippen LogP contribution in [0, 0.1) is 0 Å². The van der Waals surface area contributed by atoms with E-state index in [4.69, 9.17) is 0 Å². The van der Waals surface area contributed by atoms with Crippen LogP contribution < -0.4 is 0 Å². The number of aryl methyl sites for hydroxylation is 2. The van der Waals surface area contributed by atoms with Gasteiger partial charge in [0.2, 0.25) is 0 Å². The standard InChI is InChI=1S/C16H18.C10H8O.C2H6/c1-3-13-5-9-15(10-6-13)16-11-7-14(4-2)8-12-16;11-10-7-3-5-8-4-1-2-6-9(8)10;1-2/h5-12H,3-4H2,1-2H3;1-7,11H;1-2H3. The van der Waals surface area contributed by atoms with Crippen molar-refractivity contribution in [2.45, 2.75) is 40.5 Å². The molecule has 0 spiro atoms. The van der Waals surface area contributed by atoms with Crippen LogP contribution in [0.15, 0.2) is 91.0 Å². The number of hydrogen-bond acceptors (Lipinski definition) is 1. The summed E-state index contributed by atoms with van der Waals surface area (Å²) in [7, 11) is 0. The predicted octanol–water partition coefficient (Wildman–Crippen LogP) is 8.05. The summed E-state index contributed by atoms with van der Waals surface area (Å²) in [5.41, 5.74) is 5.41. The summed E-state index contributed by atoms with van der Waals surface area (Å²) in [6, 6.07) is 31.0. The van der Waals surface area contributed by atoms with Crippen LogP contribution in [-0.4, -0.2) is 5.11 Å². The average Bonchev–Trinajstić information content (AvgIpc) is 2.81. The van der Waals surface area contributed by atoms with Crippen LogP contribution >= 0.6 is 0 Å². The fraction of sp³-hybridized carbons (Fsp3) is 0.214. The van der Waals surface area contributed by atoms with E-state index < -0.39 is 0 Å². The molecule has 29 heavy (non-hydrogen) atoms. The van der Waals surface area contributed by atoms with Gasteiger partial charge in [-0.1, -0.05) is 113 Å². The van der Waals surface area contributed by atoms with Crippen molar-refractivity contribution >= 4 is 10.8 Å². The first kappa shape index (κ1) is 22.2. The van der Waals surface area contributed by atoms with Crippen molar-refractivity contribution in [2.75, 3.05) is 0 Å². The molecule has 0 fully saturated rings. The number of phenols is 1. The van der Waals surface area contributed by atoms with Gasteiger partial charge < -0.3 is 5.11 Å². The zero-order valence-electron chi connectivity index (χ0n) is 18.0. The highest BCUT2D eigenvalue weighted by Gasteiger charge is 1.97. The fourth-order valence-corrected chi connectivity index (χ4v) is 3.07. The highest BCUT2D eigenvalue weighted by molar-refractivity contribution is 5.87. The van der Waals surface area contributed by atoms with Crippen molar-refractivity contribution in [3.8, 4) is 16.9 Å². The Morgan fingerprint density at radius 2 is 1.00 bits per heavy atom. The largest absolute Gasteiger partial charge is 0.507 e. The van der Waals surface area contributed by atoms with Gasteiger partial charge in [0.1, 0.15) is 5.75 Å². The lowest BCUT2D eigenvalue weighted by molar-refractivity contribution is 0.481. The van der Waals surface area contributed by atoms with Gasteiger partial charge in [-0.05, 0) is 46.5 Å². The summed E-state index contributed by atoms with van der Waals surface area (Å²) >= 11 is 0. The Labute approximate surface area is 175 Å². The number of hydrogen-bond donors (Lipinski definition) is 1. The molecule has 1 heteroatoms. The van der Waals surface area contributed by atoms with Crippen molar-refractivity contribution in [1.29, 1.82) is 0 Å². The minimum absolute atomic E-state index is 0.350. The SMILES string of the molecule is CC.CCc1ccc(-c2ccc(CC)cc2)cc1.Oc1cccc2ccccc12. The topological polar surface area (TPSA) is 20.2 Å². The van der Waals surface area contributed by atoms with Crippen molar-refractivity contribution in [3.63, 3.8) is 0 Å². The van der Waals surface area contributed by atoms with Crippen LogP contribution in [0.1, 0.15) is 38.8 Å². The second kappa shape index (κ2) is 11.7. The fourth-order valence-electron chi connectivity index (χ4n) is 3.07. The normalized spacial score (nSPS) is 9.79. The van der Waals surface area contributed by atoms with Gasteiger partial charge in [-0.15, -0.1) is 0 Å². The van der Waals surface area contributed by atoms with E-state index >= 15 is 0 Å². The third kappa shape index (κ3) is 6.22. The van der Waals surface area contributed by atoms with Gasteiger partial charge in [0.15, 0.2) is 0 Å². The van der Waals surface area contributed by atoms with Crippen LogP contribution in [0.4, 0.5) is 0 Å². The summed E-state index contributed by atoms with van der Waals surface area (Å²) in [5, 5.41) is 11.4. The van der Waals surface area contributed by atoms with Crippen LogP contribution in [0.5, 0.6) is 5.75 Å². The molecule has 0 radical (unpaired) electrons. The predicted molar refractivity (Wildman–Crippen MR) is 128 cm³/mol. The van der Waals surface area contributed by atoms with E-state index in [1.807, 2.05) is 50.2 Å². The maximum absolute atomic E-state index is 9.37. The summed E-state index contributed by atoms with van der Waals surface area (Å²) < 4.78 is 0. The minimum Gasteiger partial charge on any atom is -0.507 e. The van der Waals surface area contributed by atoms with E-state index in [9.17, 15) is 5.11 Å². The van der Waals surface area contributed by atoms with E-state index in [1.54, 1.807) is 6.07 Å². The summed E-state index contributed by atoms with van der Waals surface area (Å²) in [5.74, 6) is 0.350. The van der Waals surface area contributed by atoms with Gasteiger partial charge in [-0.2, -0.15) is 0 Å². The highest BCUT2D eigenvalue weighted by atomic mass is 16.3. The highest BCUT2D eigenvalue weighted by Crippen LogP contribution is 2.23. The zero-order chi connectivity index (χ0) is 21.1. The maximum Gasteiger partial charge on any atom is 0.123 e. The Balaban J connectivity index is 0.000000201. The van der Waals surface area contributed by atoms with Crippen molar-refractivity contribution in [2.24, 2.45) is 0 Å². The molecule has 1 N–H and O–H groups in total. The Morgan fingerprint density at radius 1 is 0.552 bits per heavy atom. The van der Waals surface area contributed by atoms with Crippen LogP contribution in [-0.2, 0) is 12.8 Å². The molecular formula is C28H32O. The van der Waals surface area contributed by atoms with Crippen LogP contribution in [0.3, 0.4) is 0 Å². The van der Waals surface area contributed by atoms with Gasteiger partial charge in [0, 0.05) is 5.39 Å². The van der Waals surface area contributed by atoms with Crippen molar-refractivity contribution in [1.82, 2.24) is 0 Å². The molecule has 0 atom stereocenters. The molecule has 150 valence electrons. The van der Waals surface area contributed by atoms with Gasteiger partial charge in [-0.25, -0.2) is 0 Å². The summed E-state index contributed by atoms with van der Waals surface area (Å²) in [6.07, 6.45) is 2.21. The Bertz CT molecular complexity index is 932. The van der Waals surface area contributed by atoms with Gasteiger partial charge in [0.25, 0.3) is 0 Å². The van der Waals surface area contributed by atoms with E-state index in [0.717, 1.165) is 23.6 Å². The molecule has 4 rings (SSSR count). The Kier molecular flexibility index (Phi) is 8.98. The number of phenolic OH excluding ortho intramolecular Hbond substituents is 1. The van der Waals surface area contributed by atoms with Gasteiger partial charge in [-0.3, -0.25) is 0 Å². The molecule has 0 saturated carbocycles. The first-order chi connectivity index (χ1) is 14.2. The van der Waals surface area contributed by atoms with Crippen LogP contribution in [0.25, 0.3) is 21.9 Å². The first-order valence-electron chi connectivity index (χ1n) is 10.6. The number of benzene rings is 4. The first-order valence-corrected chi connectivity index (χ1v) is 10.6. The van der Waals surface area contributed by atoms with E-state index in [-0.39, 0.29) is 0 Å². The minimum atomic E-state index is 0.350. The molecular weight excluding hydrogens is 352 g/mol. The second-order valence-corrected chi connectivity index (χ2v) is 6.60. The van der Waals surface area contributed by atoms with Crippen LogP contribution in [0.2, 0.25) is 0 Å². The molecule has 1 nitrogen and oxygen atoms in total. The molecule has 0 bridgehead atoms. The zero-order valence-corrected chi connectivity index (χ0v) is 18.0. The molecule has 0 aliphatic heterocycles. The molecule has 0 aromatic heterocycles. The lowest BCUT2D eigenvalue weighted by Gasteiger charge is -2.04. The quantitative estimate of drug-likeness (QED) is 0.379. The van der Waals surface area contributed by atoms with Gasteiger partial charge >= 0.3 is 0 Å². The molecule has 4 aromatic rings. The number of aromatic hydroxyl groups is 1. The summed E-state index contributed by atoms with van der Waals surface area (Å²) in [6.45, 7) is 8.37. The molecule has 0 saturated heterocycles. The van der Waals surface area contributed by atoms with E-state index in [2.05, 4.69) is 62.4 Å². The molecule has 0 aliphatic rings. The van der Waals surface area contributed by atoms with E-state index in [1.165, 1.54) is 22.3 Å². The molecule has 0 heterocycles. The van der Waals surface area contributed by atoms with Gasteiger partial charge in [0.05, 0.1) is 0 Å². The smallest absolute Gasteiger partial charge is 0.123 e. The molecule has 0 unspecified atom stereocenters. The molecule has 0 aliphatic carbocycles. The van der Waals surface area contributed by atoms with Crippen molar-refractivity contribution in [3.05, 3.63) is 102 Å². The lowest BCUT2D eigenvalue weighted by Crippen LogP contribution is -1.83. The number of fused-ring (bicyclic) bond motifs is 1. The Morgan fingerprint density at radius 3 is 1.45 bits per heavy atom. The summed E-state index contributed by atoms with van der Waals surface area (Å²) in [4.78, 5) is 0. The third-order valence-electron chi connectivity index (χ3n) is 4.82. The third-order valence-corrected chi connectivity index (χ3v) is 4.82. The lowest BCUT2D eigenvalue weighted by atomic mass is 10.0. The van der Waals surface area contributed by atoms with E-state index in [0.29, 0.717) is 5.75 Å². The average molecular weight is 385 g/mol. The monoisotopic (exact) mass is 384 g/mol. The maximum atomic E-state index is 9.37. The molecule has 0 amide bonds. The molecule has 4 aromatic carbocycles. The van der Waals surface area contributed by atoms with Crippen molar-refractivity contribution < 1.29 is 5.11 Å².